The molecule has 1 aliphatic carbocycles. The summed E-state index contributed by atoms with van der Waals surface area (Å²) in [6.07, 6.45) is 1.87. The molecule has 0 saturated heterocycles. The number of halogens is 2. The molecule has 0 amide bonds. The number of hydrogen-bond acceptors (Lipinski definition) is 3. The van der Waals surface area contributed by atoms with E-state index in [2.05, 4.69) is 10.3 Å². The lowest BCUT2D eigenvalue weighted by Crippen LogP contribution is -2.07. The smallest absolute Gasteiger partial charge is 0.358 e. The second-order valence-electron chi connectivity index (χ2n) is 4.41. The molecule has 0 unspecified atom stereocenters. The third-order valence-corrected chi connectivity index (χ3v) is 3.87. The number of benzene rings is 1. The standard InChI is InChI=1S/C12H9FIN3O2/c13-7-3-4-9(8(14)5-7)17-11(6-1-2-6)10(12(18)19)15-16-17/h3-6H,1-2H2,(H,18,19). The molecule has 1 heterocycles. The summed E-state index contributed by atoms with van der Waals surface area (Å²) >= 11 is 2.00. The highest BCUT2D eigenvalue weighted by molar-refractivity contribution is 14.1. The van der Waals surface area contributed by atoms with Crippen LogP contribution in [0.25, 0.3) is 5.69 Å². The van der Waals surface area contributed by atoms with Crippen molar-refractivity contribution in [1.29, 1.82) is 0 Å². The first-order valence-electron chi connectivity index (χ1n) is 5.72. The highest BCUT2D eigenvalue weighted by Gasteiger charge is 2.34. The molecule has 1 aromatic heterocycles. The Morgan fingerprint density at radius 2 is 2.21 bits per heavy atom. The van der Waals surface area contributed by atoms with Crippen molar-refractivity contribution in [3.8, 4) is 5.69 Å². The van der Waals surface area contributed by atoms with Gasteiger partial charge in [0.05, 0.1) is 11.4 Å². The van der Waals surface area contributed by atoms with E-state index in [1.807, 2.05) is 22.6 Å². The monoisotopic (exact) mass is 373 g/mol. The van der Waals surface area contributed by atoms with Gasteiger partial charge in [-0.2, -0.15) is 0 Å². The van der Waals surface area contributed by atoms with Crippen LogP contribution in [0, 0.1) is 9.39 Å². The van der Waals surface area contributed by atoms with E-state index in [0.717, 1.165) is 12.8 Å². The number of carboxylic acid groups (broad SMARTS) is 1. The van der Waals surface area contributed by atoms with E-state index in [-0.39, 0.29) is 17.4 Å². The molecule has 0 aliphatic heterocycles. The molecule has 1 aliphatic rings. The fourth-order valence-electron chi connectivity index (χ4n) is 2.00. The zero-order chi connectivity index (χ0) is 13.6. The lowest BCUT2D eigenvalue weighted by molar-refractivity contribution is 0.0689. The van der Waals surface area contributed by atoms with Crippen LogP contribution in [0.5, 0.6) is 0 Å². The molecule has 7 heteroatoms. The first-order valence-corrected chi connectivity index (χ1v) is 6.80. The van der Waals surface area contributed by atoms with Crippen LogP contribution in [-0.2, 0) is 0 Å². The van der Waals surface area contributed by atoms with Gasteiger partial charge < -0.3 is 5.11 Å². The van der Waals surface area contributed by atoms with Gasteiger partial charge in [0.1, 0.15) is 5.82 Å². The number of carbonyl (C=O) groups is 1. The van der Waals surface area contributed by atoms with E-state index in [4.69, 9.17) is 5.11 Å². The molecule has 98 valence electrons. The van der Waals surface area contributed by atoms with Crippen molar-refractivity contribution in [3.63, 3.8) is 0 Å². The summed E-state index contributed by atoms with van der Waals surface area (Å²) in [5, 5.41) is 16.8. The van der Waals surface area contributed by atoms with Gasteiger partial charge in [-0.3, -0.25) is 0 Å². The molecule has 5 nitrogen and oxygen atoms in total. The Morgan fingerprint density at radius 1 is 1.47 bits per heavy atom. The summed E-state index contributed by atoms with van der Waals surface area (Å²) in [4.78, 5) is 11.2. The molecule has 1 aromatic carbocycles. The van der Waals surface area contributed by atoms with Crippen LogP contribution in [-0.4, -0.2) is 26.1 Å². The van der Waals surface area contributed by atoms with Crippen LogP contribution in [0.4, 0.5) is 4.39 Å². The molecule has 1 N–H and O–H groups in total. The number of rotatable bonds is 3. The predicted molar refractivity (Wildman–Crippen MR) is 73.0 cm³/mol. The van der Waals surface area contributed by atoms with Crippen molar-refractivity contribution in [3.05, 3.63) is 39.0 Å². The average molecular weight is 373 g/mol. The van der Waals surface area contributed by atoms with Gasteiger partial charge in [-0.15, -0.1) is 5.10 Å². The van der Waals surface area contributed by atoms with Crippen molar-refractivity contribution in [1.82, 2.24) is 15.0 Å². The van der Waals surface area contributed by atoms with E-state index in [1.165, 1.54) is 16.8 Å². The molecule has 1 saturated carbocycles. The summed E-state index contributed by atoms with van der Waals surface area (Å²) in [5.41, 5.74) is 1.25. The van der Waals surface area contributed by atoms with E-state index in [1.54, 1.807) is 6.07 Å². The third-order valence-electron chi connectivity index (χ3n) is 3.01. The van der Waals surface area contributed by atoms with Gasteiger partial charge >= 0.3 is 5.97 Å². The van der Waals surface area contributed by atoms with Gasteiger partial charge in [0.15, 0.2) is 5.69 Å². The average Bonchev–Trinajstić information content (AvgIpc) is 3.08. The van der Waals surface area contributed by atoms with Gasteiger partial charge in [0.2, 0.25) is 0 Å². The topological polar surface area (TPSA) is 68.0 Å². The second-order valence-corrected chi connectivity index (χ2v) is 5.57. The number of nitrogens with zero attached hydrogens (tertiary/aromatic N) is 3. The molecule has 19 heavy (non-hydrogen) atoms. The van der Waals surface area contributed by atoms with Crippen LogP contribution in [0.2, 0.25) is 0 Å². The zero-order valence-corrected chi connectivity index (χ0v) is 11.8. The summed E-state index contributed by atoms with van der Waals surface area (Å²) in [5.74, 6) is -1.23. The lowest BCUT2D eigenvalue weighted by atomic mass is 10.2. The van der Waals surface area contributed by atoms with Crippen molar-refractivity contribution in [2.45, 2.75) is 18.8 Å². The van der Waals surface area contributed by atoms with E-state index >= 15 is 0 Å². The van der Waals surface area contributed by atoms with Crippen LogP contribution in [0.3, 0.4) is 0 Å². The van der Waals surface area contributed by atoms with Crippen molar-refractivity contribution < 1.29 is 14.3 Å². The molecule has 0 spiro atoms. The Kier molecular flexibility index (Phi) is 3.00. The van der Waals surface area contributed by atoms with Crippen molar-refractivity contribution in [2.75, 3.05) is 0 Å². The normalized spacial score (nSPS) is 14.6. The maximum atomic E-state index is 13.1. The molecular weight excluding hydrogens is 364 g/mol. The summed E-state index contributed by atoms with van der Waals surface area (Å²) in [6.45, 7) is 0. The van der Waals surface area contributed by atoms with E-state index in [0.29, 0.717) is 15.0 Å². The van der Waals surface area contributed by atoms with Gasteiger partial charge in [0, 0.05) is 9.49 Å². The summed E-state index contributed by atoms with van der Waals surface area (Å²) in [6, 6.07) is 4.30. The Hall–Kier alpha value is -1.51. The number of aromatic carboxylic acids is 1. The van der Waals surface area contributed by atoms with E-state index < -0.39 is 5.97 Å². The number of carboxylic acids is 1. The highest BCUT2D eigenvalue weighted by atomic mass is 127. The molecule has 2 aromatic rings. The number of hydrogen-bond donors (Lipinski definition) is 1. The SMILES string of the molecule is O=C(O)c1nnn(-c2ccc(F)cc2I)c1C1CC1. The summed E-state index contributed by atoms with van der Waals surface area (Å²) in [7, 11) is 0. The number of aromatic nitrogens is 3. The first kappa shape index (κ1) is 12.5. The van der Waals surface area contributed by atoms with E-state index in [9.17, 15) is 9.18 Å². The Morgan fingerprint density at radius 3 is 2.79 bits per heavy atom. The third kappa shape index (κ3) is 2.22. The molecule has 0 bridgehead atoms. The second kappa shape index (κ2) is 4.55. The van der Waals surface area contributed by atoms with Crippen LogP contribution in [0.15, 0.2) is 18.2 Å². The van der Waals surface area contributed by atoms with Gasteiger partial charge in [0.25, 0.3) is 0 Å². The fourth-order valence-corrected chi connectivity index (χ4v) is 2.70. The molecule has 0 radical (unpaired) electrons. The fraction of sp³-hybridized carbons (Fsp3) is 0.250. The quantitative estimate of drug-likeness (QED) is 0.840. The lowest BCUT2D eigenvalue weighted by Gasteiger charge is -2.08. The minimum Gasteiger partial charge on any atom is -0.476 e. The minimum absolute atomic E-state index is 0.0115. The minimum atomic E-state index is -1.08. The molecule has 3 rings (SSSR count). The van der Waals surface area contributed by atoms with Crippen LogP contribution in [0.1, 0.15) is 34.9 Å². The van der Waals surface area contributed by atoms with Crippen molar-refractivity contribution in [2.24, 2.45) is 0 Å². The Bertz CT molecular complexity index is 667. The summed E-state index contributed by atoms with van der Waals surface area (Å²) < 4.78 is 15.3. The molecular formula is C12H9FIN3O2. The zero-order valence-electron chi connectivity index (χ0n) is 9.68. The van der Waals surface area contributed by atoms with Gasteiger partial charge in [-0.05, 0) is 53.6 Å². The van der Waals surface area contributed by atoms with Crippen molar-refractivity contribution >= 4 is 28.6 Å². The van der Waals surface area contributed by atoms with Gasteiger partial charge in [-0.25, -0.2) is 13.9 Å². The highest BCUT2D eigenvalue weighted by Crippen LogP contribution is 2.42. The first-order chi connectivity index (χ1) is 9.08. The Balaban J connectivity index is 2.17. The molecule has 1 fully saturated rings. The maximum absolute atomic E-state index is 13.1. The Labute approximate surface area is 121 Å². The largest absolute Gasteiger partial charge is 0.476 e. The maximum Gasteiger partial charge on any atom is 0.358 e. The molecule has 0 atom stereocenters. The predicted octanol–water partition coefficient (Wildman–Crippen LogP) is 2.59. The van der Waals surface area contributed by atoms with Crippen LogP contribution >= 0.6 is 22.6 Å². The van der Waals surface area contributed by atoms with Crippen LogP contribution < -0.4 is 0 Å². The van der Waals surface area contributed by atoms with Gasteiger partial charge in [-0.1, -0.05) is 5.21 Å².